The van der Waals surface area contributed by atoms with E-state index in [1.807, 2.05) is 0 Å². The van der Waals surface area contributed by atoms with Crippen LogP contribution in [0.15, 0.2) is 18.2 Å². The quantitative estimate of drug-likeness (QED) is 0.684. The van der Waals surface area contributed by atoms with E-state index in [0.29, 0.717) is 11.1 Å². The van der Waals surface area contributed by atoms with Gasteiger partial charge in [-0.2, -0.15) is 5.06 Å². The van der Waals surface area contributed by atoms with E-state index in [1.54, 1.807) is 25.1 Å². The third-order valence-corrected chi connectivity index (χ3v) is 1.67. The molecule has 0 atom stereocenters. The zero-order chi connectivity index (χ0) is 9.14. The Kier molecular flexibility index (Phi) is 2.78. The molecule has 0 bridgehead atoms. The Labute approximate surface area is 71.2 Å². The second kappa shape index (κ2) is 3.65. The largest absolute Gasteiger partial charge is 0.314 e. The fourth-order valence-electron chi connectivity index (χ4n) is 1.08. The number of nitrogens with zero attached hydrogens (tertiary/aromatic N) is 1. The number of halogens is 1. The smallest absolute Gasteiger partial charge is 0.130 e. The van der Waals surface area contributed by atoms with Crippen molar-refractivity contribution in [2.75, 3.05) is 7.05 Å². The van der Waals surface area contributed by atoms with E-state index in [2.05, 4.69) is 0 Å². The van der Waals surface area contributed by atoms with Crippen molar-refractivity contribution < 1.29 is 9.60 Å². The number of rotatable bonds is 2. The lowest BCUT2D eigenvalue weighted by Crippen LogP contribution is -2.13. The predicted octanol–water partition coefficient (Wildman–Crippen LogP) is 1.96. The van der Waals surface area contributed by atoms with E-state index in [0.717, 1.165) is 5.06 Å². The lowest BCUT2D eigenvalue weighted by Gasteiger charge is -2.09. The van der Waals surface area contributed by atoms with Crippen LogP contribution in [0, 0.1) is 12.7 Å². The summed E-state index contributed by atoms with van der Waals surface area (Å²) in [6.07, 6.45) is 0. The third-order valence-electron chi connectivity index (χ3n) is 1.67. The summed E-state index contributed by atoms with van der Waals surface area (Å²) in [5.74, 6) is -0.238. The Bertz CT molecular complexity index is 273. The normalized spacial score (nSPS) is 10.8. The molecule has 0 radical (unpaired) electrons. The van der Waals surface area contributed by atoms with Gasteiger partial charge < -0.3 is 5.21 Å². The Balaban J connectivity index is 2.92. The Morgan fingerprint density at radius 1 is 1.50 bits per heavy atom. The highest BCUT2D eigenvalue weighted by molar-refractivity contribution is 5.24. The van der Waals surface area contributed by atoms with Gasteiger partial charge in [-0.05, 0) is 12.5 Å². The number of aryl methyl sites for hydroxylation is 1. The average Bonchev–Trinajstić information content (AvgIpc) is 1.98. The van der Waals surface area contributed by atoms with Crippen molar-refractivity contribution in [3.8, 4) is 0 Å². The summed E-state index contributed by atoms with van der Waals surface area (Å²) in [6.45, 7) is 1.92. The van der Waals surface area contributed by atoms with Crippen LogP contribution < -0.4 is 0 Å². The maximum atomic E-state index is 13.2. The van der Waals surface area contributed by atoms with Gasteiger partial charge >= 0.3 is 0 Å². The van der Waals surface area contributed by atoms with Crippen LogP contribution in [0.25, 0.3) is 0 Å². The van der Waals surface area contributed by atoms with Gasteiger partial charge in [0.25, 0.3) is 0 Å². The topological polar surface area (TPSA) is 23.5 Å². The van der Waals surface area contributed by atoms with Crippen LogP contribution in [-0.4, -0.2) is 17.3 Å². The zero-order valence-corrected chi connectivity index (χ0v) is 7.21. The van der Waals surface area contributed by atoms with E-state index >= 15 is 0 Å². The Hall–Kier alpha value is -0.930. The maximum Gasteiger partial charge on any atom is 0.130 e. The Morgan fingerprint density at radius 2 is 2.17 bits per heavy atom. The van der Waals surface area contributed by atoms with Gasteiger partial charge in [-0.15, -0.1) is 0 Å². The minimum atomic E-state index is -0.238. The van der Waals surface area contributed by atoms with Gasteiger partial charge in [-0.1, -0.05) is 18.2 Å². The first kappa shape index (κ1) is 9.16. The molecule has 0 aliphatic heterocycles. The molecule has 1 rings (SSSR count). The molecule has 66 valence electrons. The van der Waals surface area contributed by atoms with Crippen LogP contribution in [0.5, 0.6) is 0 Å². The van der Waals surface area contributed by atoms with E-state index in [-0.39, 0.29) is 12.4 Å². The maximum absolute atomic E-state index is 13.2. The van der Waals surface area contributed by atoms with Crippen LogP contribution in [0.1, 0.15) is 11.1 Å². The molecule has 3 heteroatoms. The standard InChI is InChI=1S/C9H12FNO/c1-7-4-3-5-8(9(7)10)6-11(2)12/h3-5,12H,6H2,1-2H3. The molecule has 1 N–H and O–H groups in total. The van der Waals surface area contributed by atoms with E-state index in [1.165, 1.54) is 7.05 Å². The monoisotopic (exact) mass is 169 g/mol. The molecule has 0 amide bonds. The van der Waals surface area contributed by atoms with Crippen molar-refractivity contribution >= 4 is 0 Å². The van der Waals surface area contributed by atoms with Crippen molar-refractivity contribution in [3.05, 3.63) is 35.1 Å². The van der Waals surface area contributed by atoms with Crippen LogP contribution in [-0.2, 0) is 6.54 Å². The van der Waals surface area contributed by atoms with Crippen molar-refractivity contribution in [3.63, 3.8) is 0 Å². The minimum Gasteiger partial charge on any atom is -0.314 e. The van der Waals surface area contributed by atoms with Gasteiger partial charge in [-0.25, -0.2) is 4.39 Å². The van der Waals surface area contributed by atoms with Gasteiger partial charge in [0.05, 0.1) is 6.54 Å². The fraction of sp³-hybridized carbons (Fsp3) is 0.333. The highest BCUT2D eigenvalue weighted by atomic mass is 19.1. The molecular formula is C9H12FNO. The second-order valence-electron chi connectivity index (χ2n) is 2.86. The lowest BCUT2D eigenvalue weighted by atomic mass is 10.1. The van der Waals surface area contributed by atoms with Gasteiger partial charge in [0.2, 0.25) is 0 Å². The van der Waals surface area contributed by atoms with Gasteiger partial charge in [0.1, 0.15) is 5.82 Å². The molecular weight excluding hydrogens is 157 g/mol. The molecule has 0 unspecified atom stereocenters. The molecule has 0 aromatic heterocycles. The summed E-state index contributed by atoms with van der Waals surface area (Å²) in [6, 6.07) is 5.14. The molecule has 0 fully saturated rings. The molecule has 0 saturated carbocycles. The van der Waals surface area contributed by atoms with Crippen LogP contribution in [0.3, 0.4) is 0 Å². The molecule has 1 aromatic carbocycles. The summed E-state index contributed by atoms with van der Waals surface area (Å²) >= 11 is 0. The van der Waals surface area contributed by atoms with Crippen LogP contribution in [0.2, 0.25) is 0 Å². The number of hydrogen-bond acceptors (Lipinski definition) is 2. The second-order valence-corrected chi connectivity index (χ2v) is 2.86. The SMILES string of the molecule is Cc1cccc(CN(C)O)c1F. The molecule has 0 aliphatic rings. The predicted molar refractivity (Wildman–Crippen MR) is 44.4 cm³/mol. The summed E-state index contributed by atoms with van der Waals surface area (Å²) in [4.78, 5) is 0. The molecule has 1 aromatic rings. The zero-order valence-electron chi connectivity index (χ0n) is 7.21. The number of hydroxylamine groups is 2. The van der Waals surface area contributed by atoms with Gasteiger partial charge in [-0.3, -0.25) is 0 Å². The van der Waals surface area contributed by atoms with Crippen molar-refractivity contribution in [2.24, 2.45) is 0 Å². The molecule has 0 saturated heterocycles. The highest BCUT2D eigenvalue weighted by Gasteiger charge is 2.05. The Morgan fingerprint density at radius 3 is 2.75 bits per heavy atom. The van der Waals surface area contributed by atoms with Gasteiger partial charge in [0.15, 0.2) is 0 Å². The molecule has 0 heterocycles. The van der Waals surface area contributed by atoms with Gasteiger partial charge in [0, 0.05) is 12.6 Å². The molecule has 2 nitrogen and oxygen atoms in total. The number of benzene rings is 1. The van der Waals surface area contributed by atoms with E-state index in [4.69, 9.17) is 5.21 Å². The lowest BCUT2D eigenvalue weighted by molar-refractivity contribution is -0.0738. The summed E-state index contributed by atoms with van der Waals surface area (Å²) in [5, 5.41) is 9.84. The fourth-order valence-corrected chi connectivity index (χ4v) is 1.08. The average molecular weight is 169 g/mol. The van der Waals surface area contributed by atoms with Crippen molar-refractivity contribution in [1.82, 2.24) is 5.06 Å². The highest BCUT2D eigenvalue weighted by Crippen LogP contribution is 2.12. The molecule has 0 spiro atoms. The van der Waals surface area contributed by atoms with Crippen LogP contribution in [0.4, 0.5) is 4.39 Å². The van der Waals surface area contributed by atoms with Crippen molar-refractivity contribution in [1.29, 1.82) is 0 Å². The first-order valence-electron chi connectivity index (χ1n) is 3.75. The summed E-state index contributed by atoms with van der Waals surface area (Å²) in [5.41, 5.74) is 1.12. The minimum absolute atomic E-state index is 0.216. The summed E-state index contributed by atoms with van der Waals surface area (Å²) < 4.78 is 13.2. The van der Waals surface area contributed by atoms with Crippen molar-refractivity contribution in [2.45, 2.75) is 13.5 Å². The first-order chi connectivity index (χ1) is 5.61. The van der Waals surface area contributed by atoms with E-state index in [9.17, 15) is 4.39 Å². The first-order valence-corrected chi connectivity index (χ1v) is 3.75. The van der Waals surface area contributed by atoms with Crippen LogP contribution >= 0.6 is 0 Å². The number of hydrogen-bond donors (Lipinski definition) is 1. The summed E-state index contributed by atoms with van der Waals surface area (Å²) in [7, 11) is 1.49. The van der Waals surface area contributed by atoms with E-state index < -0.39 is 0 Å². The molecule has 0 aliphatic carbocycles. The molecule has 12 heavy (non-hydrogen) atoms. The third kappa shape index (κ3) is 2.03.